The van der Waals surface area contributed by atoms with Gasteiger partial charge in [0.25, 0.3) is 0 Å². The van der Waals surface area contributed by atoms with Gasteiger partial charge in [-0.25, -0.2) is 0 Å². The van der Waals surface area contributed by atoms with Crippen LogP contribution in [0.5, 0.6) is 5.75 Å². The van der Waals surface area contributed by atoms with Crippen molar-refractivity contribution in [2.24, 2.45) is 0 Å². The van der Waals surface area contributed by atoms with Crippen LogP contribution in [0.1, 0.15) is 12.5 Å². The van der Waals surface area contributed by atoms with Crippen molar-refractivity contribution in [2.45, 2.75) is 13.0 Å². The minimum absolute atomic E-state index is 0.00162. The molecule has 1 aromatic heterocycles. The summed E-state index contributed by atoms with van der Waals surface area (Å²) in [4.78, 5) is 3.88. The highest BCUT2D eigenvalue weighted by Gasteiger charge is 2.05. The van der Waals surface area contributed by atoms with Crippen LogP contribution in [0.2, 0.25) is 0 Å². The van der Waals surface area contributed by atoms with Gasteiger partial charge in [0.2, 0.25) is 0 Å². The number of rotatable bonds is 4. The normalized spacial score (nSPS) is 11.8. The average Bonchev–Trinajstić information content (AvgIpc) is 2.26. The van der Waals surface area contributed by atoms with Gasteiger partial charge in [0.1, 0.15) is 12.7 Å². The van der Waals surface area contributed by atoms with Gasteiger partial charge in [-0.1, -0.05) is 0 Å². The minimum Gasteiger partial charge on any atom is -0.488 e. The summed E-state index contributed by atoms with van der Waals surface area (Å²) in [5, 5.41) is 8.75. The standard InChI is InChI=1S/C10H12N2O2/c1-8(13-2)7-14-10-6-12-4-3-9(10)5-11/h3-4,6,8H,7H2,1-2H3. The molecule has 1 aromatic rings. The Bertz CT molecular complexity index is 333. The molecule has 0 radical (unpaired) electrons. The molecule has 0 N–H and O–H groups in total. The Labute approximate surface area is 83.1 Å². The third-order valence-electron chi connectivity index (χ3n) is 1.78. The maximum atomic E-state index is 8.75. The molecule has 0 saturated heterocycles. The Balaban J connectivity index is 2.63. The molecule has 4 nitrogen and oxygen atoms in total. The number of aromatic nitrogens is 1. The van der Waals surface area contributed by atoms with Crippen molar-refractivity contribution in [1.82, 2.24) is 4.98 Å². The predicted octanol–water partition coefficient (Wildman–Crippen LogP) is 1.37. The lowest BCUT2D eigenvalue weighted by molar-refractivity contribution is 0.0714. The second-order valence-corrected chi connectivity index (χ2v) is 2.84. The number of hydrogen-bond acceptors (Lipinski definition) is 4. The molecule has 0 fully saturated rings. The van der Waals surface area contributed by atoms with Crippen molar-refractivity contribution in [2.75, 3.05) is 13.7 Å². The average molecular weight is 192 g/mol. The first-order valence-electron chi connectivity index (χ1n) is 4.27. The molecule has 0 aliphatic rings. The van der Waals surface area contributed by atoms with Crippen molar-refractivity contribution in [1.29, 1.82) is 5.26 Å². The lowest BCUT2D eigenvalue weighted by Gasteiger charge is -2.11. The maximum absolute atomic E-state index is 8.75. The molecule has 0 spiro atoms. The number of pyridine rings is 1. The summed E-state index contributed by atoms with van der Waals surface area (Å²) in [7, 11) is 1.61. The first-order valence-corrected chi connectivity index (χ1v) is 4.27. The predicted molar refractivity (Wildman–Crippen MR) is 50.9 cm³/mol. The summed E-state index contributed by atoms with van der Waals surface area (Å²) in [6.45, 7) is 2.30. The third-order valence-corrected chi connectivity index (χ3v) is 1.78. The van der Waals surface area contributed by atoms with Crippen LogP contribution >= 0.6 is 0 Å². The van der Waals surface area contributed by atoms with Crippen LogP contribution in [0, 0.1) is 11.3 Å². The molecule has 1 rings (SSSR count). The van der Waals surface area contributed by atoms with Crippen LogP contribution in [0.4, 0.5) is 0 Å². The van der Waals surface area contributed by atoms with Crippen LogP contribution in [-0.4, -0.2) is 24.8 Å². The largest absolute Gasteiger partial charge is 0.488 e. The molecule has 0 aliphatic heterocycles. The molecule has 0 amide bonds. The molecule has 0 bridgehead atoms. The molecular weight excluding hydrogens is 180 g/mol. The van der Waals surface area contributed by atoms with Crippen molar-refractivity contribution in [3.05, 3.63) is 24.0 Å². The van der Waals surface area contributed by atoms with Gasteiger partial charge in [-0.05, 0) is 13.0 Å². The quantitative estimate of drug-likeness (QED) is 0.722. The fourth-order valence-electron chi connectivity index (χ4n) is 0.863. The Morgan fingerprint density at radius 3 is 3.07 bits per heavy atom. The highest BCUT2D eigenvalue weighted by Crippen LogP contribution is 2.14. The highest BCUT2D eigenvalue weighted by molar-refractivity contribution is 5.40. The van der Waals surface area contributed by atoms with E-state index in [2.05, 4.69) is 4.98 Å². The van der Waals surface area contributed by atoms with Crippen LogP contribution in [0.3, 0.4) is 0 Å². The molecule has 4 heteroatoms. The SMILES string of the molecule is COC(C)COc1cnccc1C#N. The molecule has 1 unspecified atom stereocenters. The molecule has 74 valence electrons. The molecule has 0 aromatic carbocycles. The monoisotopic (exact) mass is 192 g/mol. The summed E-state index contributed by atoms with van der Waals surface area (Å²) in [6, 6.07) is 3.65. The van der Waals surface area contributed by atoms with E-state index >= 15 is 0 Å². The van der Waals surface area contributed by atoms with Crippen LogP contribution in [-0.2, 0) is 4.74 Å². The first-order chi connectivity index (χ1) is 6.77. The number of ether oxygens (including phenoxy) is 2. The highest BCUT2D eigenvalue weighted by atomic mass is 16.5. The van der Waals surface area contributed by atoms with Crippen LogP contribution in [0.15, 0.2) is 18.5 Å². The molecular formula is C10H12N2O2. The number of hydrogen-bond donors (Lipinski definition) is 0. The summed E-state index contributed by atoms with van der Waals surface area (Å²) in [6.07, 6.45) is 3.09. The molecule has 1 atom stereocenters. The van der Waals surface area contributed by atoms with E-state index in [1.54, 1.807) is 19.4 Å². The Kier molecular flexibility index (Phi) is 3.89. The lowest BCUT2D eigenvalue weighted by atomic mass is 10.3. The topological polar surface area (TPSA) is 55.1 Å². The van der Waals surface area contributed by atoms with Gasteiger partial charge >= 0.3 is 0 Å². The van der Waals surface area contributed by atoms with Crippen molar-refractivity contribution < 1.29 is 9.47 Å². The molecule has 1 heterocycles. The van der Waals surface area contributed by atoms with Crippen molar-refractivity contribution in [3.63, 3.8) is 0 Å². The Morgan fingerprint density at radius 2 is 2.43 bits per heavy atom. The fourth-order valence-corrected chi connectivity index (χ4v) is 0.863. The van der Waals surface area contributed by atoms with E-state index in [1.165, 1.54) is 6.20 Å². The minimum atomic E-state index is 0.00162. The van der Waals surface area contributed by atoms with E-state index in [0.717, 1.165) is 0 Å². The fraction of sp³-hybridized carbons (Fsp3) is 0.400. The van der Waals surface area contributed by atoms with Gasteiger partial charge in [0.05, 0.1) is 17.9 Å². The zero-order valence-electron chi connectivity index (χ0n) is 8.23. The number of nitriles is 1. The van der Waals surface area contributed by atoms with E-state index in [4.69, 9.17) is 14.7 Å². The van der Waals surface area contributed by atoms with E-state index in [1.807, 2.05) is 13.0 Å². The first kappa shape index (κ1) is 10.5. The molecule has 0 aliphatic carbocycles. The van der Waals surface area contributed by atoms with E-state index in [0.29, 0.717) is 17.9 Å². The van der Waals surface area contributed by atoms with Gasteiger partial charge < -0.3 is 9.47 Å². The summed E-state index contributed by atoms with van der Waals surface area (Å²) in [5.74, 6) is 0.499. The summed E-state index contributed by atoms with van der Waals surface area (Å²) >= 11 is 0. The Morgan fingerprint density at radius 1 is 1.64 bits per heavy atom. The van der Waals surface area contributed by atoms with Gasteiger partial charge in [-0.2, -0.15) is 5.26 Å². The number of methoxy groups -OCH3 is 1. The zero-order chi connectivity index (χ0) is 10.4. The van der Waals surface area contributed by atoms with Gasteiger partial charge in [0.15, 0.2) is 5.75 Å². The summed E-state index contributed by atoms with van der Waals surface area (Å²) < 4.78 is 10.4. The van der Waals surface area contributed by atoms with Crippen molar-refractivity contribution in [3.8, 4) is 11.8 Å². The van der Waals surface area contributed by atoms with Crippen molar-refractivity contribution >= 4 is 0 Å². The van der Waals surface area contributed by atoms with Crippen LogP contribution < -0.4 is 4.74 Å². The third kappa shape index (κ3) is 2.71. The van der Waals surface area contributed by atoms with Gasteiger partial charge in [-0.15, -0.1) is 0 Å². The summed E-state index contributed by atoms with van der Waals surface area (Å²) in [5.41, 5.74) is 0.489. The second-order valence-electron chi connectivity index (χ2n) is 2.84. The van der Waals surface area contributed by atoms with E-state index < -0.39 is 0 Å². The number of nitrogens with zero attached hydrogens (tertiary/aromatic N) is 2. The molecule has 0 saturated carbocycles. The van der Waals surface area contributed by atoms with E-state index in [9.17, 15) is 0 Å². The lowest BCUT2D eigenvalue weighted by Crippen LogP contribution is -2.16. The maximum Gasteiger partial charge on any atom is 0.155 e. The zero-order valence-corrected chi connectivity index (χ0v) is 8.23. The van der Waals surface area contributed by atoms with Crippen LogP contribution in [0.25, 0.3) is 0 Å². The van der Waals surface area contributed by atoms with Gasteiger partial charge in [-0.3, -0.25) is 4.98 Å². The smallest absolute Gasteiger partial charge is 0.155 e. The molecule has 14 heavy (non-hydrogen) atoms. The Hall–Kier alpha value is -1.60. The second kappa shape index (κ2) is 5.20. The van der Waals surface area contributed by atoms with E-state index in [-0.39, 0.29) is 6.10 Å². The van der Waals surface area contributed by atoms with Gasteiger partial charge in [0, 0.05) is 13.3 Å².